The molecule has 0 aliphatic carbocycles. The molecule has 0 radical (unpaired) electrons. The first-order valence-corrected chi connectivity index (χ1v) is 4.29. The summed E-state index contributed by atoms with van der Waals surface area (Å²) in [6.07, 6.45) is 5.27. The van der Waals surface area contributed by atoms with Gasteiger partial charge in [0, 0.05) is 12.8 Å². The predicted octanol–water partition coefficient (Wildman–Crippen LogP) is 2.44. The fraction of sp³-hybridized carbons (Fsp3) is 0.500. The molecule has 0 N–H and O–H groups in total. The molecule has 12 heavy (non-hydrogen) atoms. The molecule has 0 aliphatic heterocycles. The summed E-state index contributed by atoms with van der Waals surface area (Å²) in [5.41, 5.74) is 0. The third-order valence-corrected chi connectivity index (χ3v) is 1.96. The molecule has 0 aromatic carbocycles. The molecule has 1 aromatic rings. The second kappa shape index (κ2) is 4.75. The Bertz CT molecular complexity index is 214. The van der Waals surface area contributed by atoms with Crippen LogP contribution in [0.4, 0.5) is 0 Å². The molecule has 2 nitrogen and oxygen atoms in total. The lowest BCUT2D eigenvalue weighted by Gasteiger charge is -2.04. The molecule has 1 heterocycles. The summed E-state index contributed by atoms with van der Waals surface area (Å²) < 4.78 is 5.17. The van der Waals surface area contributed by atoms with Gasteiger partial charge in [0.25, 0.3) is 0 Å². The molecule has 0 fully saturated rings. The molecule has 1 unspecified atom stereocenters. The summed E-state index contributed by atoms with van der Waals surface area (Å²) in [5.74, 6) is 1.47. The average molecular weight is 166 g/mol. The Labute approximate surface area is 72.6 Å². The maximum atomic E-state index is 10.2. The number of aldehydes is 1. The number of furan rings is 1. The quantitative estimate of drug-likeness (QED) is 0.629. The first-order valence-electron chi connectivity index (χ1n) is 4.29. The molecule has 0 saturated heterocycles. The van der Waals surface area contributed by atoms with Gasteiger partial charge in [-0.15, -0.1) is 0 Å². The van der Waals surface area contributed by atoms with Crippen LogP contribution in [-0.2, 0) is 11.2 Å². The van der Waals surface area contributed by atoms with Crippen molar-refractivity contribution < 1.29 is 9.21 Å². The lowest BCUT2D eigenvalue weighted by Crippen LogP contribution is -1.97. The highest BCUT2D eigenvalue weighted by atomic mass is 16.3. The van der Waals surface area contributed by atoms with Crippen molar-refractivity contribution in [2.24, 2.45) is 5.92 Å². The van der Waals surface area contributed by atoms with Gasteiger partial charge < -0.3 is 9.21 Å². The second-order valence-electron chi connectivity index (χ2n) is 3.13. The lowest BCUT2D eigenvalue weighted by atomic mass is 10.0. The van der Waals surface area contributed by atoms with Crippen LogP contribution < -0.4 is 0 Å². The molecule has 2 heteroatoms. The predicted molar refractivity (Wildman–Crippen MR) is 46.9 cm³/mol. The van der Waals surface area contributed by atoms with E-state index in [4.69, 9.17) is 4.42 Å². The second-order valence-corrected chi connectivity index (χ2v) is 3.13. The van der Waals surface area contributed by atoms with Gasteiger partial charge in [-0.25, -0.2) is 0 Å². The molecule has 0 saturated carbocycles. The molecular formula is C10H14O2. The first kappa shape index (κ1) is 9.04. The number of hydrogen-bond donors (Lipinski definition) is 0. The molecule has 0 aliphatic rings. The molecule has 0 bridgehead atoms. The van der Waals surface area contributed by atoms with E-state index >= 15 is 0 Å². The van der Waals surface area contributed by atoms with Gasteiger partial charge in [0.2, 0.25) is 0 Å². The van der Waals surface area contributed by atoms with Crippen molar-refractivity contribution in [2.75, 3.05) is 0 Å². The smallest absolute Gasteiger partial charge is 0.120 e. The Kier molecular flexibility index (Phi) is 3.58. The van der Waals surface area contributed by atoms with E-state index in [1.54, 1.807) is 6.26 Å². The van der Waals surface area contributed by atoms with Crippen LogP contribution in [0.3, 0.4) is 0 Å². The van der Waals surface area contributed by atoms with E-state index in [-0.39, 0.29) is 0 Å². The van der Waals surface area contributed by atoms with Gasteiger partial charge in [-0.05, 0) is 24.5 Å². The maximum absolute atomic E-state index is 10.2. The van der Waals surface area contributed by atoms with Crippen molar-refractivity contribution >= 4 is 6.29 Å². The van der Waals surface area contributed by atoms with Crippen LogP contribution in [0.1, 0.15) is 25.5 Å². The highest BCUT2D eigenvalue weighted by Crippen LogP contribution is 2.11. The van der Waals surface area contributed by atoms with E-state index < -0.39 is 0 Å². The number of rotatable bonds is 5. The van der Waals surface area contributed by atoms with Gasteiger partial charge in [0.15, 0.2) is 0 Å². The largest absolute Gasteiger partial charge is 0.469 e. The zero-order valence-corrected chi connectivity index (χ0v) is 7.32. The molecule has 0 amide bonds. The van der Waals surface area contributed by atoms with Crippen LogP contribution >= 0.6 is 0 Å². The van der Waals surface area contributed by atoms with Gasteiger partial charge in [-0.1, -0.05) is 6.92 Å². The Hall–Kier alpha value is -1.05. The van der Waals surface area contributed by atoms with E-state index in [0.29, 0.717) is 12.3 Å². The lowest BCUT2D eigenvalue weighted by molar-refractivity contribution is -0.108. The zero-order chi connectivity index (χ0) is 8.81. The van der Waals surface area contributed by atoms with Gasteiger partial charge in [0.1, 0.15) is 12.0 Å². The molecule has 66 valence electrons. The standard InChI is InChI=1S/C10H14O2/c1-9(6-7-11)4-5-10-3-2-8-12-10/h2-3,7-9H,4-6H2,1H3. The maximum Gasteiger partial charge on any atom is 0.120 e. The fourth-order valence-corrected chi connectivity index (χ4v) is 1.13. The van der Waals surface area contributed by atoms with Crippen molar-refractivity contribution in [1.29, 1.82) is 0 Å². The number of aryl methyl sites for hydroxylation is 1. The fourth-order valence-electron chi connectivity index (χ4n) is 1.13. The Morgan fingerprint density at radius 2 is 2.50 bits per heavy atom. The Morgan fingerprint density at radius 1 is 1.67 bits per heavy atom. The zero-order valence-electron chi connectivity index (χ0n) is 7.32. The topological polar surface area (TPSA) is 30.2 Å². The summed E-state index contributed by atoms with van der Waals surface area (Å²) in [6, 6.07) is 3.85. The molecule has 1 rings (SSSR count). The highest BCUT2D eigenvalue weighted by molar-refractivity contribution is 5.49. The number of hydrogen-bond acceptors (Lipinski definition) is 2. The van der Waals surface area contributed by atoms with E-state index in [1.807, 2.05) is 12.1 Å². The number of carbonyl (C=O) groups is 1. The summed E-state index contributed by atoms with van der Waals surface area (Å²) >= 11 is 0. The van der Waals surface area contributed by atoms with Crippen LogP contribution in [0.2, 0.25) is 0 Å². The van der Waals surface area contributed by atoms with Crippen molar-refractivity contribution in [3.05, 3.63) is 24.2 Å². The van der Waals surface area contributed by atoms with Gasteiger partial charge in [-0.2, -0.15) is 0 Å². The number of carbonyl (C=O) groups excluding carboxylic acids is 1. The highest BCUT2D eigenvalue weighted by Gasteiger charge is 2.02. The third kappa shape index (κ3) is 2.91. The van der Waals surface area contributed by atoms with Crippen molar-refractivity contribution in [1.82, 2.24) is 0 Å². The minimum absolute atomic E-state index is 0.465. The van der Waals surface area contributed by atoms with Crippen LogP contribution in [0, 0.1) is 5.92 Å². The summed E-state index contributed by atoms with van der Waals surface area (Å²) in [7, 11) is 0. The van der Waals surface area contributed by atoms with Crippen molar-refractivity contribution in [3.8, 4) is 0 Å². The Morgan fingerprint density at radius 3 is 3.08 bits per heavy atom. The minimum Gasteiger partial charge on any atom is -0.469 e. The molecule has 1 aromatic heterocycles. The van der Waals surface area contributed by atoms with E-state index in [0.717, 1.165) is 24.9 Å². The van der Waals surface area contributed by atoms with Crippen LogP contribution in [-0.4, -0.2) is 6.29 Å². The Balaban J connectivity index is 2.21. The normalized spacial score (nSPS) is 12.8. The van der Waals surface area contributed by atoms with Crippen molar-refractivity contribution in [3.63, 3.8) is 0 Å². The van der Waals surface area contributed by atoms with Gasteiger partial charge in [0.05, 0.1) is 6.26 Å². The minimum atomic E-state index is 0.465. The summed E-state index contributed by atoms with van der Waals surface area (Å²) in [4.78, 5) is 10.2. The van der Waals surface area contributed by atoms with Crippen LogP contribution in [0.25, 0.3) is 0 Å². The summed E-state index contributed by atoms with van der Waals surface area (Å²) in [5, 5.41) is 0. The molecule has 0 spiro atoms. The SMILES string of the molecule is CC(CC=O)CCc1ccco1. The van der Waals surface area contributed by atoms with Gasteiger partial charge >= 0.3 is 0 Å². The van der Waals surface area contributed by atoms with E-state index in [1.165, 1.54) is 0 Å². The van der Waals surface area contributed by atoms with Gasteiger partial charge in [-0.3, -0.25) is 0 Å². The van der Waals surface area contributed by atoms with E-state index in [2.05, 4.69) is 6.92 Å². The third-order valence-electron chi connectivity index (χ3n) is 1.96. The monoisotopic (exact) mass is 166 g/mol. The van der Waals surface area contributed by atoms with Crippen LogP contribution in [0.5, 0.6) is 0 Å². The van der Waals surface area contributed by atoms with Crippen LogP contribution in [0.15, 0.2) is 22.8 Å². The summed E-state index contributed by atoms with van der Waals surface area (Å²) in [6.45, 7) is 2.08. The van der Waals surface area contributed by atoms with E-state index in [9.17, 15) is 4.79 Å². The first-order chi connectivity index (χ1) is 5.83. The molecule has 1 atom stereocenters. The molecular weight excluding hydrogens is 152 g/mol. The van der Waals surface area contributed by atoms with Crippen molar-refractivity contribution in [2.45, 2.75) is 26.2 Å². The average Bonchev–Trinajstić information content (AvgIpc) is 2.53.